The quantitative estimate of drug-likeness (QED) is 0.104. The van der Waals surface area contributed by atoms with E-state index < -0.39 is 5.97 Å². The van der Waals surface area contributed by atoms with Crippen LogP contribution >= 0.6 is 34.5 Å². The van der Waals surface area contributed by atoms with Gasteiger partial charge in [0.15, 0.2) is 5.82 Å². The van der Waals surface area contributed by atoms with Crippen LogP contribution in [0.2, 0.25) is 10.0 Å². The third kappa shape index (κ3) is 7.33. The first kappa shape index (κ1) is 34.3. The van der Waals surface area contributed by atoms with Crippen molar-refractivity contribution in [3.8, 4) is 22.4 Å². The van der Waals surface area contributed by atoms with Crippen molar-refractivity contribution in [1.29, 1.82) is 0 Å². The lowest BCUT2D eigenvalue weighted by atomic mass is 9.99. The Bertz CT molecular complexity index is 2070. The number of thiazole rings is 1. The van der Waals surface area contributed by atoms with E-state index in [2.05, 4.69) is 38.8 Å². The number of anilines is 2. The minimum atomic E-state index is -0.742. The van der Waals surface area contributed by atoms with Gasteiger partial charge in [-0.25, -0.2) is 9.97 Å². The van der Waals surface area contributed by atoms with Crippen LogP contribution in [0, 0.1) is 5.92 Å². The van der Waals surface area contributed by atoms with Gasteiger partial charge in [-0.15, -0.1) is 11.3 Å². The fourth-order valence-corrected chi connectivity index (χ4v) is 8.30. The van der Waals surface area contributed by atoms with Crippen LogP contribution in [0.25, 0.3) is 32.6 Å². The number of carbonyl (C=O) groups is 2. The molecule has 10 nitrogen and oxygen atoms in total. The van der Waals surface area contributed by atoms with Crippen LogP contribution in [-0.4, -0.2) is 62.5 Å². The minimum absolute atomic E-state index is 0.119. The largest absolute Gasteiger partial charge is 0.481 e. The number of halogens is 2. The molecule has 2 aromatic carbocycles. The fraction of sp³-hybridized carbons (Fsp3) is 0.324. The molecule has 258 valence electrons. The Morgan fingerprint density at radius 2 is 1.84 bits per heavy atom. The van der Waals surface area contributed by atoms with Crippen LogP contribution in [0.3, 0.4) is 0 Å². The highest BCUT2D eigenvalue weighted by Crippen LogP contribution is 2.42. The molecule has 5 heterocycles. The van der Waals surface area contributed by atoms with Crippen LogP contribution in [0.5, 0.6) is 0 Å². The van der Waals surface area contributed by atoms with Crippen molar-refractivity contribution in [1.82, 2.24) is 30.5 Å². The van der Waals surface area contributed by atoms with Gasteiger partial charge in [-0.2, -0.15) is 0 Å². The summed E-state index contributed by atoms with van der Waals surface area (Å²) in [5.41, 5.74) is 6.68. The summed E-state index contributed by atoms with van der Waals surface area (Å²) in [5.74, 6) is -0.362. The van der Waals surface area contributed by atoms with E-state index in [1.165, 1.54) is 0 Å². The molecule has 2 aliphatic rings. The van der Waals surface area contributed by atoms with Crippen LogP contribution in [-0.2, 0) is 29.1 Å². The minimum Gasteiger partial charge on any atom is -0.481 e. The number of nitrogens with zero attached hydrogens (tertiary/aromatic N) is 4. The van der Waals surface area contributed by atoms with Crippen LogP contribution in [0.4, 0.5) is 11.5 Å². The van der Waals surface area contributed by atoms with Crippen molar-refractivity contribution >= 4 is 68.1 Å². The number of aliphatic carboxylic acids is 1. The van der Waals surface area contributed by atoms with Gasteiger partial charge in [-0.05, 0) is 49.6 Å². The monoisotopic (exact) mass is 729 g/mol. The molecule has 0 unspecified atom stereocenters. The highest BCUT2D eigenvalue weighted by Gasteiger charge is 2.28. The Morgan fingerprint density at radius 1 is 1.04 bits per heavy atom. The number of pyridine rings is 2. The lowest BCUT2D eigenvalue weighted by Gasteiger charge is -2.16. The summed E-state index contributed by atoms with van der Waals surface area (Å²) >= 11 is 15.8. The van der Waals surface area contributed by atoms with Gasteiger partial charge in [0.2, 0.25) is 5.91 Å². The number of likely N-dealkylation sites (tertiary alicyclic amines) is 1. The number of hydrogen-bond donors (Lipinski definition) is 4. The second-order valence-corrected chi connectivity index (χ2v) is 14.6. The molecule has 1 amide bonds. The smallest absolute Gasteiger partial charge is 0.307 e. The summed E-state index contributed by atoms with van der Waals surface area (Å²) in [6.07, 6.45) is 4.62. The summed E-state index contributed by atoms with van der Waals surface area (Å²) < 4.78 is 0.984. The number of aromatic nitrogens is 3. The van der Waals surface area contributed by atoms with E-state index >= 15 is 0 Å². The molecule has 7 rings (SSSR count). The number of carboxylic acids is 1. The van der Waals surface area contributed by atoms with Gasteiger partial charge >= 0.3 is 5.97 Å². The Labute approximate surface area is 304 Å². The Morgan fingerprint density at radius 3 is 2.60 bits per heavy atom. The second-order valence-electron chi connectivity index (χ2n) is 12.7. The van der Waals surface area contributed by atoms with Gasteiger partial charge in [0, 0.05) is 60.7 Å². The number of fused-ring (bicyclic) bond motifs is 1. The van der Waals surface area contributed by atoms with E-state index in [0.717, 1.165) is 74.8 Å². The molecule has 0 radical (unpaired) electrons. The molecular weight excluding hydrogens is 693 g/mol. The van der Waals surface area contributed by atoms with Gasteiger partial charge in [0.1, 0.15) is 10.5 Å². The molecule has 13 heteroatoms. The number of rotatable bonds is 12. The summed E-state index contributed by atoms with van der Waals surface area (Å²) in [4.78, 5) is 39.6. The maximum atomic E-state index is 11.5. The van der Waals surface area contributed by atoms with Crippen molar-refractivity contribution in [3.05, 3.63) is 87.1 Å². The summed E-state index contributed by atoms with van der Waals surface area (Å²) in [6.45, 7) is 5.36. The number of hydrogen-bond acceptors (Lipinski definition) is 9. The zero-order valence-electron chi connectivity index (χ0n) is 27.5. The molecule has 0 aliphatic carbocycles. The predicted molar refractivity (Wildman–Crippen MR) is 199 cm³/mol. The first-order valence-corrected chi connectivity index (χ1v) is 18.4. The molecule has 3 aromatic heterocycles. The van der Waals surface area contributed by atoms with Crippen molar-refractivity contribution < 1.29 is 14.7 Å². The van der Waals surface area contributed by atoms with E-state index in [-0.39, 0.29) is 17.9 Å². The highest BCUT2D eigenvalue weighted by atomic mass is 35.5. The zero-order chi connectivity index (χ0) is 34.8. The van der Waals surface area contributed by atoms with E-state index in [1.54, 1.807) is 17.5 Å². The molecule has 0 bridgehead atoms. The van der Waals surface area contributed by atoms with E-state index in [1.807, 2.05) is 48.5 Å². The summed E-state index contributed by atoms with van der Waals surface area (Å²) in [5, 5.41) is 21.2. The molecule has 50 heavy (non-hydrogen) atoms. The number of benzene rings is 2. The van der Waals surface area contributed by atoms with Gasteiger partial charge in [-0.3, -0.25) is 19.5 Å². The summed E-state index contributed by atoms with van der Waals surface area (Å²) in [7, 11) is 0. The first-order valence-electron chi connectivity index (χ1n) is 16.8. The molecule has 2 fully saturated rings. The van der Waals surface area contributed by atoms with E-state index in [4.69, 9.17) is 33.2 Å². The molecule has 0 saturated carbocycles. The summed E-state index contributed by atoms with van der Waals surface area (Å²) in [6, 6.07) is 17.9. The average Bonchev–Trinajstić information content (AvgIpc) is 3.86. The van der Waals surface area contributed by atoms with Crippen molar-refractivity contribution in [3.63, 3.8) is 0 Å². The number of carboxylic acid groups (broad SMARTS) is 1. The lowest BCUT2D eigenvalue weighted by molar-refractivity contribution is -0.141. The van der Waals surface area contributed by atoms with Crippen LogP contribution < -0.4 is 16.0 Å². The number of aryl methyl sites for hydroxylation is 1. The molecule has 2 atom stereocenters. The number of amides is 1. The van der Waals surface area contributed by atoms with Crippen LogP contribution in [0.1, 0.15) is 42.5 Å². The third-order valence-corrected chi connectivity index (χ3v) is 11.2. The standard InChI is InChI=1S/C37H37Cl2N7O3S/c1-2-27-21(17-40-18-23-10-12-31(47)42-23)9-11-28(43-27)26-7-3-5-24(33(26)38)25-6-4-8-29(34(25)39)44-36-35-30(13-15-41-36)50-32(45-35)20-46-16-14-22(19-46)37(48)49/h3-9,11,13,15,22-23,40H,2,10,12,14,16-20H2,1H3,(H,41,44)(H,42,47)(H,48,49)/t22-,23+/m1/s1. The molecule has 4 N–H and O–H groups in total. The van der Waals surface area contributed by atoms with E-state index in [9.17, 15) is 14.7 Å². The number of carbonyl (C=O) groups excluding carboxylic acids is 1. The highest BCUT2D eigenvalue weighted by molar-refractivity contribution is 7.18. The van der Waals surface area contributed by atoms with Crippen molar-refractivity contribution in [2.75, 3.05) is 25.0 Å². The zero-order valence-corrected chi connectivity index (χ0v) is 29.8. The predicted octanol–water partition coefficient (Wildman–Crippen LogP) is 7.31. The third-order valence-electron chi connectivity index (χ3n) is 9.34. The van der Waals surface area contributed by atoms with Crippen molar-refractivity contribution in [2.45, 2.75) is 51.7 Å². The first-order chi connectivity index (χ1) is 24.3. The average molecular weight is 731 g/mol. The Balaban J connectivity index is 1.10. The van der Waals surface area contributed by atoms with Gasteiger partial charge in [-0.1, -0.05) is 66.5 Å². The Kier molecular flexibility index (Phi) is 10.3. The SMILES string of the molecule is CCc1nc(-c2cccc(-c3cccc(Nc4nccc5sc(CN6CC[C@@H](C(=O)O)C6)nc45)c3Cl)c2Cl)ccc1CNC[C@@H]1CCC(=O)N1. The van der Waals surface area contributed by atoms with Crippen LogP contribution in [0.15, 0.2) is 60.8 Å². The van der Waals surface area contributed by atoms with Gasteiger partial charge < -0.3 is 21.1 Å². The van der Waals surface area contributed by atoms with E-state index in [0.29, 0.717) is 54.0 Å². The molecule has 2 saturated heterocycles. The molecule has 2 aliphatic heterocycles. The molecule has 5 aromatic rings. The fourth-order valence-electron chi connectivity index (χ4n) is 6.69. The Hall–Kier alpha value is -4.13. The maximum absolute atomic E-state index is 11.5. The lowest BCUT2D eigenvalue weighted by Crippen LogP contribution is -2.35. The second kappa shape index (κ2) is 15.0. The van der Waals surface area contributed by atoms with Gasteiger partial charge in [0.25, 0.3) is 0 Å². The molecule has 0 spiro atoms. The topological polar surface area (TPSA) is 132 Å². The normalized spacial score (nSPS) is 17.8. The van der Waals surface area contributed by atoms with Gasteiger partial charge in [0.05, 0.1) is 38.6 Å². The maximum Gasteiger partial charge on any atom is 0.307 e. The molecular formula is C37H37Cl2N7O3S. The number of nitrogens with one attached hydrogen (secondary N) is 3. The van der Waals surface area contributed by atoms with Crippen molar-refractivity contribution in [2.24, 2.45) is 5.92 Å².